The lowest BCUT2D eigenvalue weighted by molar-refractivity contribution is -0.122. The second-order valence-corrected chi connectivity index (χ2v) is 11.2. The first-order chi connectivity index (χ1) is 13.3. The smallest absolute Gasteiger partial charge is 0.251 e. The highest BCUT2D eigenvalue weighted by atomic mass is 32.2. The molecule has 0 bridgehead atoms. The second kappa shape index (κ2) is 7.63. The molecule has 3 fully saturated rings. The average molecular weight is 421 g/mol. The molecule has 0 aromatic heterocycles. The molecule has 2 heterocycles. The summed E-state index contributed by atoms with van der Waals surface area (Å²) in [6.07, 6.45) is 5.07. The Morgan fingerprint density at radius 3 is 2.39 bits per heavy atom. The van der Waals surface area contributed by atoms with E-state index in [0.29, 0.717) is 10.7 Å². The lowest BCUT2D eigenvalue weighted by atomic mass is 9.89. The highest BCUT2D eigenvalue weighted by Crippen LogP contribution is 2.41. The standard InChI is InChI=1S/C20H24N2O4S2/c1-13(23)14-7-9-16(10-8-14)22-17-11-28(25,26)12-18(17)27-20(22)21-19(24)15-5-3-2-4-6-15/h7-10,15,17-18H,2-6,11-12H2,1H3/t17-,18+/m1/s1. The lowest BCUT2D eigenvalue weighted by Crippen LogP contribution is -2.38. The number of hydrogen-bond acceptors (Lipinski definition) is 5. The van der Waals surface area contributed by atoms with Crippen molar-refractivity contribution in [2.75, 3.05) is 16.4 Å². The van der Waals surface area contributed by atoms with Gasteiger partial charge in [0.25, 0.3) is 5.91 Å². The van der Waals surface area contributed by atoms with Gasteiger partial charge in [-0.1, -0.05) is 31.0 Å². The van der Waals surface area contributed by atoms with Crippen LogP contribution in [0.15, 0.2) is 29.3 Å². The molecule has 0 N–H and O–H groups in total. The number of sulfone groups is 1. The van der Waals surface area contributed by atoms with E-state index in [1.54, 1.807) is 12.1 Å². The minimum Gasteiger partial charge on any atom is -0.316 e. The van der Waals surface area contributed by atoms with Crippen molar-refractivity contribution in [3.63, 3.8) is 0 Å². The summed E-state index contributed by atoms with van der Waals surface area (Å²) < 4.78 is 24.3. The van der Waals surface area contributed by atoms with Crippen molar-refractivity contribution in [1.82, 2.24) is 0 Å². The van der Waals surface area contributed by atoms with Crippen molar-refractivity contribution >= 4 is 44.1 Å². The van der Waals surface area contributed by atoms with Crippen LogP contribution in [0.3, 0.4) is 0 Å². The number of ketones is 1. The van der Waals surface area contributed by atoms with E-state index >= 15 is 0 Å². The van der Waals surface area contributed by atoms with Gasteiger partial charge in [0.15, 0.2) is 20.8 Å². The summed E-state index contributed by atoms with van der Waals surface area (Å²) in [6, 6.07) is 6.87. The molecule has 1 aromatic rings. The van der Waals surface area contributed by atoms with Gasteiger partial charge in [0, 0.05) is 22.4 Å². The van der Waals surface area contributed by atoms with Crippen molar-refractivity contribution in [3.8, 4) is 0 Å². The molecule has 0 unspecified atom stereocenters. The molecule has 1 aliphatic carbocycles. The zero-order chi connectivity index (χ0) is 19.9. The molecule has 6 nitrogen and oxygen atoms in total. The molecule has 2 aliphatic heterocycles. The average Bonchev–Trinajstić information content (AvgIpc) is 3.13. The molecule has 3 aliphatic rings. The van der Waals surface area contributed by atoms with Crippen molar-refractivity contribution in [3.05, 3.63) is 29.8 Å². The Kier molecular flexibility index (Phi) is 5.35. The summed E-state index contributed by atoms with van der Waals surface area (Å²) in [4.78, 5) is 30.6. The van der Waals surface area contributed by atoms with E-state index in [0.717, 1.165) is 31.4 Å². The molecular weight excluding hydrogens is 396 g/mol. The largest absolute Gasteiger partial charge is 0.316 e. The van der Waals surface area contributed by atoms with Gasteiger partial charge in [0.05, 0.1) is 17.5 Å². The monoisotopic (exact) mass is 420 g/mol. The molecule has 1 amide bonds. The van der Waals surface area contributed by atoms with Crippen LogP contribution < -0.4 is 4.90 Å². The number of Topliss-reactive ketones (excluding diaryl/α,β-unsaturated/α-hetero) is 1. The van der Waals surface area contributed by atoms with Crippen LogP contribution >= 0.6 is 11.8 Å². The van der Waals surface area contributed by atoms with Gasteiger partial charge in [-0.25, -0.2) is 8.42 Å². The molecule has 0 spiro atoms. The zero-order valence-corrected chi connectivity index (χ0v) is 17.5. The van der Waals surface area contributed by atoms with Gasteiger partial charge in [-0.05, 0) is 44.0 Å². The first-order valence-corrected chi connectivity index (χ1v) is 12.4. The van der Waals surface area contributed by atoms with Crippen molar-refractivity contribution in [2.45, 2.75) is 50.3 Å². The molecule has 1 saturated carbocycles. The number of hydrogen-bond donors (Lipinski definition) is 0. The van der Waals surface area contributed by atoms with Crippen LogP contribution in [0.4, 0.5) is 5.69 Å². The summed E-state index contributed by atoms with van der Waals surface area (Å²) >= 11 is 1.40. The topological polar surface area (TPSA) is 83.9 Å². The lowest BCUT2D eigenvalue weighted by Gasteiger charge is -2.25. The van der Waals surface area contributed by atoms with Crippen LogP contribution in [0, 0.1) is 5.92 Å². The number of anilines is 1. The number of benzene rings is 1. The molecule has 150 valence electrons. The van der Waals surface area contributed by atoms with Crippen LogP contribution in [-0.4, -0.2) is 48.1 Å². The third kappa shape index (κ3) is 3.89. The minimum absolute atomic E-state index is 0.0204. The fourth-order valence-corrected chi connectivity index (χ4v) is 8.18. The molecule has 28 heavy (non-hydrogen) atoms. The number of rotatable bonds is 3. The van der Waals surface area contributed by atoms with Crippen molar-refractivity contribution in [1.29, 1.82) is 0 Å². The van der Waals surface area contributed by atoms with E-state index in [9.17, 15) is 18.0 Å². The van der Waals surface area contributed by atoms with Gasteiger partial charge in [-0.3, -0.25) is 9.59 Å². The highest BCUT2D eigenvalue weighted by molar-refractivity contribution is 8.16. The fraction of sp³-hybridized carbons (Fsp3) is 0.550. The van der Waals surface area contributed by atoms with Gasteiger partial charge in [-0.15, -0.1) is 0 Å². The maximum atomic E-state index is 12.7. The predicted molar refractivity (Wildman–Crippen MR) is 112 cm³/mol. The Balaban J connectivity index is 1.65. The number of amides is 1. The maximum absolute atomic E-state index is 12.7. The second-order valence-electron chi connectivity index (χ2n) is 7.84. The van der Waals surface area contributed by atoms with Gasteiger partial charge >= 0.3 is 0 Å². The molecule has 1 aromatic carbocycles. The van der Waals surface area contributed by atoms with Crippen LogP contribution in [0.25, 0.3) is 0 Å². The number of carbonyl (C=O) groups is 2. The third-order valence-electron chi connectivity index (χ3n) is 5.78. The zero-order valence-electron chi connectivity index (χ0n) is 15.8. The summed E-state index contributed by atoms with van der Waals surface area (Å²) in [5, 5.41) is 0.478. The normalized spacial score (nSPS) is 28.5. The van der Waals surface area contributed by atoms with E-state index in [1.807, 2.05) is 17.0 Å². The van der Waals surface area contributed by atoms with E-state index in [4.69, 9.17) is 0 Å². The fourth-order valence-electron chi connectivity index (χ4n) is 4.26. The Bertz CT molecular complexity index is 918. The Morgan fingerprint density at radius 1 is 1.07 bits per heavy atom. The molecule has 2 atom stereocenters. The van der Waals surface area contributed by atoms with Crippen LogP contribution in [0.2, 0.25) is 0 Å². The summed E-state index contributed by atoms with van der Waals surface area (Å²) in [5.41, 5.74) is 1.38. The van der Waals surface area contributed by atoms with E-state index in [2.05, 4.69) is 4.99 Å². The maximum Gasteiger partial charge on any atom is 0.251 e. The Morgan fingerprint density at radius 2 is 1.75 bits per heavy atom. The predicted octanol–water partition coefficient (Wildman–Crippen LogP) is 3.07. The van der Waals surface area contributed by atoms with Crippen LogP contribution in [0.5, 0.6) is 0 Å². The Labute approximate surface area is 169 Å². The number of fused-ring (bicyclic) bond motifs is 1. The Hall–Kier alpha value is -1.67. The summed E-state index contributed by atoms with van der Waals surface area (Å²) in [6.45, 7) is 1.51. The number of thioether (sulfide) groups is 1. The van der Waals surface area contributed by atoms with E-state index in [1.165, 1.54) is 25.1 Å². The first kappa shape index (κ1) is 19.6. The van der Waals surface area contributed by atoms with Gasteiger partial charge in [0.2, 0.25) is 0 Å². The SMILES string of the molecule is CC(=O)c1ccc(N2C(=NC(=O)C3CCCCC3)S[C@H]3CS(=O)(=O)C[C@H]32)cc1. The van der Waals surface area contributed by atoms with Crippen LogP contribution in [-0.2, 0) is 14.6 Å². The highest BCUT2D eigenvalue weighted by Gasteiger charge is 2.49. The number of aliphatic imine (C=N–C) groups is 1. The van der Waals surface area contributed by atoms with Gasteiger partial charge < -0.3 is 4.90 Å². The van der Waals surface area contributed by atoms with Crippen LogP contribution in [0.1, 0.15) is 49.4 Å². The van der Waals surface area contributed by atoms with Crippen molar-refractivity contribution in [2.24, 2.45) is 10.9 Å². The van der Waals surface area contributed by atoms with Crippen molar-refractivity contribution < 1.29 is 18.0 Å². The van der Waals surface area contributed by atoms with E-state index < -0.39 is 9.84 Å². The number of amidine groups is 1. The molecule has 0 radical (unpaired) electrons. The summed E-state index contributed by atoms with van der Waals surface area (Å²) in [5.74, 6) is 0.0462. The molecule has 8 heteroatoms. The van der Waals surface area contributed by atoms with E-state index in [-0.39, 0.29) is 40.4 Å². The minimum atomic E-state index is -3.10. The third-order valence-corrected chi connectivity index (χ3v) is 8.99. The van der Waals surface area contributed by atoms with Gasteiger partial charge in [-0.2, -0.15) is 4.99 Å². The molecule has 2 saturated heterocycles. The first-order valence-electron chi connectivity index (χ1n) is 9.74. The summed E-state index contributed by atoms with van der Waals surface area (Å²) in [7, 11) is -3.10. The molecule has 4 rings (SSSR count). The van der Waals surface area contributed by atoms with Gasteiger partial charge in [0.1, 0.15) is 0 Å². The molecular formula is C20H24N2O4S2. The quantitative estimate of drug-likeness (QED) is 0.699. The number of nitrogens with zero attached hydrogens (tertiary/aromatic N) is 2. The number of carbonyl (C=O) groups excluding carboxylic acids is 2.